The van der Waals surface area contributed by atoms with Crippen LogP contribution >= 0.6 is 11.6 Å². The van der Waals surface area contributed by atoms with Crippen LogP contribution in [0.2, 0.25) is 5.02 Å². The molecule has 0 aliphatic carbocycles. The Balaban J connectivity index is 2.72. The Morgan fingerprint density at radius 1 is 1.29 bits per heavy atom. The first kappa shape index (κ1) is 16.9. The molecule has 0 saturated heterocycles. The van der Waals surface area contributed by atoms with Crippen molar-refractivity contribution in [2.45, 2.75) is 25.3 Å². The van der Waals surface area contributed by atoms with Crippen LogP contribution in [0, 0.1) is 5.82 Å². The van der Waals surface area contributed by atoms with E-state index in [9.17, 15) is 18.8 Å². The summed E-state index contributed by atoms with van der Waals surface area (Å²) in [5.74, 6) is -3.71. The van der Waals surface area contributed by atoms with E-state index in [1.54, 1.807) is 0 Å². The van der Waals surface area contributed by atoms with Gasteiger partial charge < -0.3 is 15.5 Å². The zero-order chi connectivity index (χ0) is 16.0. The van der Waals surface area contributed by atoms with Crippen molar-refractivity contribution >= 4 is 29.4 Å². The molecule has 3 N–H and O–H groups in total. The largest absolute Gasteiger partial charge is 0.481 e. The van der Waals surface area contributed by atoms with E-state index in [4.69, 9.17) is 21.8 Å². The third kappa shape index (κ3) is 5.39. The molecule has 0 heterocycles. The number of carboxylic acid groups (broad SMARTS) is 2. The summed E-state index contributed by atoms with van der Waals surface area (Å²) in [7, 11) is 0. The summed E-state index contributed by atoms with van der Waals surface area (Å²) in [6.45, 7) is 0. The average molecular weight is 318 g/mol. The summed E-state index contributed by atoms with van der Waals surface area (Å²) in [6.07, 6.45) is -0.132. The molecule has 0 fully saturated rings. The van der Waals surface area contributed by atoms with Crippen LogP contribution in [0.15, 0.2) is 18.2 Å². The van der Waals surface area contributed by atoms with Crippen LogP contribution in [0.1, 0.15) is 29.6 Å². The maximum absolute atomic E-state index is 12.9. The van der Waals surface area contributed by atoms with Crippen LogP contribution in [0.25, 0.3) is 0 Å². The number of benzene rings is 1. The molecule has 0 radical (unpaired) electrons. The van der Waals surface area contributed by atoms with Gasteiger partial charge in [-0.25, -0.2) is 9.18 Å². The van der Waals surface area contributed by atoms with Gasteiger partial charge in [0.15, 0.2) is 0 Å². The van der Waals surface area contributed by atoms with Crippen molar-refractivity contribution < 1.29 is 29.0 Å². The van der Waals surface area contributed by atoms with Crippen LogP contribution in [0.4, 0.5) is 4.39 Å². The SMILES string of the molecule is O=C(O)CCC[C@@H](NC(=O)c1ccc(F)cc1Cl)C(=O)O. The lowest BCUT2D eigenvalue weighted by molar-refractivity contribution is -0.140. The number of carbonyl (C=O) groups is 3. The maximum Gasteiger partial charge on any atom is 0.326 e. The Bertz CT molecular complexity index is 563. The number of amides is 1. The molecule has 0 saturated carbocycles. The average Bonchev–Trinajstić information content (AvgIpc) is 2.36. The first-order valence-corrected chi connectivity index (χ1v) is 6.39. The van der Waals surface area contributed by atoms with E-state index in [0.29, 0.717) is 0 Å². The Morgan fingerprint density at radius 3 is 2.48 bits per heavy atom. The van der Waals surface area contributed by atoms with E-state index < -0.39 is 29.7 Å². The standard InChI is InChI=1S/C13H13ClFNO5/c14-9-6-7(15)4-5-8(9)12(19)16-10(13(20)21)2-1-3-11(17)18/h4-6,10H,1-3H2,(H,16,19)(H,17,18)(H,20,21)/t10-/m1/s1. The molecular formula is C13H13ClFNO5. The maximum atomic E-state index is 12.9. The number of nitrogens with one attached hydrogen (secondary N) is 1. The summed E-state index contributed by atoms with van der Waals surface area (Å²) < 4.78 is 12.9. The van der Waals surface area contributed by atoms with Crippen LogP contribution in [-0.2, 0) is 9.59 Å². The highest BCUT2D eigenvalue weighted by Crippen LogP contribution is 2.17. The number of hydrogen-bond acceptors (Lipinski definition) is 3. The van der Waals surface area contributed by atoms with Gasteiger partial charge in [-0.15, -0.1) is 0 Å². The zero-order valence-corrected chi connectivity index (χ0v) is 11.6. The molecular weight excluding hydrogens is 305 g/mol. The van der Waals surface area contributed by atoms with Crippen molar-refractivity contribution in [3.8, 4) is 0 Å². The minimum atomic E-state index is -1.29. The van der Waals surface area contributed by atoms with Crippen LogP contribution in [-0.4, -0.2) is 34.1 Å². The molecule has 114 valence electrons. The number of halogens is 2. The molecule has 0 bridgehead atoms. The van der Waals surface area contributed by atoms with Crippen LogP contribution in [0.3, 0.4) is 0 Å². The second kappa shape index (κ2) is 7.58. The van der Waals surface area contributed by atoms with E-state index in [0.717, 1.165) is 18.2 Å². The first-order valence-electron chi connectivity index (χ1n) is 6.01. The molecule has 1 rings (SSSR count). The van der Waals surface area contributed by atoms with E-state index in [1.807, 2.05) is 0 Å². The van der Waals surface area contributed by atoms with E-state index >= 15 is 0 Å². The molecule has 1 aromatic carbocycles. The van der Waals surface area contributed by atoms with Gasteiger partial charge in [-0.2, -0.15) is 0 Å². The first-order chi connectivity index (χ1) is 9.81. The van der Waals surface area contributed by atoms with Gasteiger partial charge in [0.05, 0.1) is 10.6 Å². The predicted molar refractivity (Wildman–Crippen MR) is 71.8 cm³/mol. The number of hydrogen-bond donors (Lipinski definition) is 3. The van der Waals surface area contributed by atoms with Gasteiger partial charge in [-0.1, -0.05) is 11.6 Å². The summed E-state index contributed by atoms with van der Waals surface area (Å²) in [4.78, 5) is 33.3. The van der Waals surface area contributed by atoms with Gasteiger partial charge in [0.25, 0.3) is 5.91 Å². The topological polar surface area (TPSA) is 104 Å². The van der Waals surface area contributed by atoms with Gasteiger partial charge in [0.2, 0.25) is 0 Å². The molecule has 1 atom stereocenters. The smallest absolute Gasteiger partial charge is 0.326 e. The second-order valence-electron chi connectivity index (χ2n) is 4.27. The molecule has 0 aromatic heterocycles. The number of carboxylic acids is 2. The van der Waals surface area contributed by atoms with Crippen molar-refractivity contribution in [1.29, 1.82) is 0 Å². The van der Waals surface area contributed by atoms with Crippen molar-refractivity contribution in [3.63, 3.8) is 0 Å². The fraction of sp³-hybridized carbons (Fsp3) is 0.308. The predicted octanol–water partition coefficient (Wildman–Crippen LogP) is 1.92. The van der Waals surface area contributed by atoms with Crippen molar-refractivity contribution in [1.82, 2.24) is 5.32 Å². The highest BCUT2D eigenvalue weighted by Gasteiger charge is 2.22. The minimum absolute atomic E-state index is 0.0355. The molecule has 21 heavy (non-hydrogen) atoms. The third-order valence-electron chi connectivity index (χ3n) is 2.66. The third-order valence-corrected chi connectivity index (χ3v) is 2.98. The van der Waals surface area contributed by atoms with E-state index in [-0.39, 0.29) is 29.8 Å². The Morgan fingerprint density at radius 2 is 1.95 bits per heavy atom. The van der Waals surface area contributed by atoms with Crippen molar-refractivity contribution in [2.24, 2.45) is 0 Å². The van der Waals surface area contributed by atoms with Crippen LogP contribution in [0.5, 0.6) is 0 Å². The lowest BCUT2D eigenvalue weighted by Crippen LogP contribution is -2.40. The highest BCUT2D eigenvalue weighted by atomic mass is 35.5. The normalized spacial score (nSPS) is 11.7. The summed E-state index contributed by atoms with van der Waals surface area (Å²) in [5.41, 5.74) is -0.0532. The Kier molecular flexibility index (Phi) is 6.10. The van der Waals surface area contributed by atoms with E-state index in [1.165, 1.54) is 0 Å². The molecule has 6 nitrogen and oxygen atoms in total. The summed E-state index contributed by atoms with van der Waals surface area (Å²) in [5, 5.41) is 19.6. The van der Waals surface area contributed by atoms with Crippen molar-refractivity contribution in [2.75, 3.05) is 0 Å². The highest BCUT2D eigenvalue weighted by molar-refractivity contribution is 6.33. The van der Waals surface area contributed by atoms with Crippen molar-refractivity contribution in [3.05, 3.63) is 34.6 Å². The Labute approximate surface area is 124 Å². The summed E-state index contributed by atoms with van der Waals surface area (Å²) >= 11 is 5.71. The fourth-order valence-electron chi connectivity index (χ4n) is 1.62. The lowest BCUT2D eigenvalue weighted by atomic mass is 10.1. The second-order valence-corrected chi connectivity index (χ2v) is 4.68. The minimum Gasteiger partial charge on any atom is -0.481 e. The van der Waals surface area contributed by atoms with Gasteiger partial charge in [0, 0.05) is 6.42 Å². The monoisotopic (exact) mass is 317 g/mol. The van der Waals surface area contributed by atoms with Gasteiger partial charge >= 0.3 is 11.9 Å². The molecule has 0 aliphatic rings. The molecule has 0 spiro atoms. The molecule has 0 aliphatic heterocycles. The van der Waals surface area contributed by atoms with E-state index in [2.05, 4.69) is 5.32 Å². The lowest BCUT2D eigenvalue weighted by Gasteiger charge is -2.14. The van der Waals surface area contributed by atoms with Gasteiger partial charge in [-0.05, 0) is 31.0 Å². The number of rotatable bonds is 7. The van der Waals surface area contributed by atoms with Gasteiger partial charge in [-0.3, -0.25) is 9.59 Å². The zero-order valence-electron chi connectivity index (χ0n) is 10.8. The van der Waals surface area contributed by atoms with Gasteiger partial charge in [0.1, 0.15) is 11.9 Å². The molecule has 8 heteroatoms. The fourth-order valence-corrected chi connectivity index (χ4v) is 1.88. The Hall–Kier alpha value is -2.15. The molecule has 1 amide bonds. The van der Waals surface area contributed by atoms with Crippen LogP contribution < -0.4 is 5.32 Å². The molecule has 1 aromatic rings. The molecule has 0 unspecified atom stereocenters. The quantitative estimate of drug-likeness (QED) is 0.712. The number of carbonyl (C=O) groups excluding carboxylic acids is 1. The summed E-state index contributed by atoms with van der Waals surface area (Å²) in [6, 6.07) is 1.87. The number of aliphatic carboxylic acids is 2.